The molecule has 0 bridgehead atoms. The summed E-state index contributed by atoms with van der Waals surface area (Å²) in [6.45, 7) is 3.09. The van der Waals surface area contributed by atoms with Crippen LogP contribution in [0.1, 0.15) is 31.7 Å². The van der Waals surface area contributed by atoms with E-state index < -0.39 is 34.8 Å². The zero-order valence-corrected chi connectivity index (χ0v) is 19.4. The van der Waals surface area contributed by atoms with Crippen molar-refractivity contribution < 1.29 is 29.7 Å². The molecule has 1 N–H and O–H groups in total. The fourth-order valence-electron chi connectivity index (χ4n) is 4.22. The van der Waals surface area contributed by atoms with Gasteiger partial charge in [-0.1, -0.05) is 13.3 Å². The molecule has 1 heterocycles. The van der Waals surface area contributed by atoms with E-state index in [9.17, 15) is 39.3 Å². The van der Waals surface area contributed by atoms with Gasteiger partial charge < -0.3 is 35.0 Å². The lowest BCUT2D eigenvalue weighted by Crippen LogP contribution is -2.52. The number of carbonyl (C=O) groups is 3. The van der Waals surface area contributed by atoms with Gasteiger partial charge in [-0.2, -0.15) is 0 Å². The van der Waals surface area contributed by atoms with E-state index in [0.717, 1.165) is 6.42 Å². The van der Waals surface area contributed by atoms with Crippen LogP contribution in [0.3, 0.4) is 0 Å². The highest BCUT2D eigenvalue weighted by molar-refractivity contribution is 5.71. The van der Waals surface area contributed by atoms with E-state index in [1.165, 1.54) is 0 Å². The number of carboxylic acids is 3. The molecular formula is C22H31N4O8-3. The van der Waals surface area contributed by atoms with Crippen molar-refractivity contribution in [2.75, 3.05) is 64.2 Å². The highest BCUT2D eigenvalue weighted by Crippen LogP contribution is 2.13. The van der Waals surface area contributed by atoms with Gasteiger partial charge in [0.25, 0.3) is 0 Å². The maximum absolute atomic E-state index is 11.9. The number of nitrogens with zero attached hydrogens (tertiary/aromatic N) is 3. The Morgan fingerprint density at radius 1 is 0.882 bits per heavy atom. The molecule has 0 radical (unpaired) electrons. The normalized spacial score (nSPS) is 17.6. The minimum Gasteiger partial charge on any atom is -0.549 e. The van der Waals surface area contributed by atoms with Gasteiger partial charge in [-0.05, 0) is 19.3 Å². The summed E-state index contributed by atoms with van der Waals surface area (Å²) in [6, 6.07) is -0.989. The van der Waals surface area contributed by atoms with Crippen LogP contribution in [-0.2, 0) is 20.8 Å². The van der Waals surface area contributed by atoms with E-state index in [4.69, 9.17) is 0 Å². The highest BCUT2D eigenvalue weighted by atomic mass is 16.4. The molecule has 1 atom stereocenters. The number of hydrogen-bond acceptors (Lipinski definition) is 12. The molecule has 0 spiro atoms. The number of aliphatic carboxylic acids is 3. The molecule has 0 aliphatic carbocycles. The monoisotopic (exact) mass is 479 g/mol. The van der Waals surface area contributed by atoms with Gasteiger partial charge in [0.2, 0.25) is 10.9 Å². The number of carboxylic acid groups (broad SMARTS) is 3. The van der Waals surface area contributed by atoms with Crippen molar-refractivity contribution in [1.82, 2.24) is 14.7 Å². The van der Waals surface area contributed by atoms with E-state index in [-0.39, 0.29) is 58.8 Å². The number of nitrogens with one attached hydrogen (secondary N) is 1. The number of anilines is 1. The molecule has 190 valence electrons. The van der Waals surface area contributed by atoms with E-state index in [2.05, 4.69) is 5.32 Å². The molecule has 1 saturated heterocycles. The summed E-state index contributed by atoms with van der Waals surface area (Å²) in [7, 11) is 0. The van der Waals surface area contributed by atoms with Gasteiger partial charge in [-0.25, -0.2) is 0 Å². The molecule has 1 aromatic rings. The molecule has 0 saturated carbocycles. The molecule has 12 heteroatoms. The van der Waals surface area contributed by atoms with Gasteiger partial charge in [-0.3, -0.25) is 24.3 Å². The second kappa shape index (κ2) is 13.2. The Kier molecular flexibility index (Phi) is 10.6. The first-order valence-corrected chi connectivity index (χ1v) is 11.5. The fraction of sp³-hybridized carbons (Fsp3) is 0.682. The Bertz CT molecular complexity index is 899. The maximum atomic E-state index is 11.9. The second-order valence-electron chi connectivity index (χ2n) is 8.50. The molecule has 1 aliphatic heterocycles. The third-order valence-electron chi connectivity index (χ3n) is 6.02. The number of carbonyl (C=O) groups excluding carboxylic acids is 3. The molecule has 1 aliphatic rings. The van der Waals surface area contributed by atoms with Gasteiger partial charge in [0.15, 0.2) is 0 Å². The Morgan fingerprint density at radius 2 is 1.41 bits per heavy atom. The average molecular weight is 480 g/mol. The summed E-state index contributed by atoms with van der Waals surface area (Å²) in [6.07, 6.45) is 1.80. The van der Waals surface area contributed by atoms with Gasteiger partial charge >= 0.3 is 0 Å². The summed E-state index contributed by atoms with van der Waals surface area (Å²) in [5.41, 5.74) is -0.253. The highest BCUT2D eigenvalue weighted by Gasteiger charge is 2.24. The summed E-state index contributed by atoms with van der Waals surface area (Å²) in [4.78, 5) is 62.2. The Hall–Kier alpha value is -2.83. The van der Waals surface area contributed by atoms with Gasteiger partial charge in [0.05, 0.1) is 23.6 Å². The third-order valence-corrected chi connectivity index (χ3v) is 6.02. The van der Waals surface area contributed by atoms with Crippen LogP contribution in [0.15, 0.2) is 9.59 Å². The number of rotatable bonds is 13. The zero-order valence-electron chi connectivity index (χ0n) is 19.4. The minimum atomic E-state index is -1.29. The molecule has 2 rings (SSSR count). The lowest BCUT2D eigenvalue weighted by atomic mass is 10.0. The SMILES string of the molecule is CCCc1c(NCCCC(C(=O)[O-])N2CCN(CC(=O)[O-])CCN(CC(=O)[O-])CC2)c(=O)c1=O. The predicted molar refractivity (Wildman–Crippen MR) is 116 cm³/mol. The van der Waals surface area contributed by atoms with Crippen molar-refractivity contribution in [3.63, 3.8) is 0 Å². The first-order chi connectivity index (χ1) is 16.1. The molecule has 34 heavy (non-hydrogen) atoms. The van der Waals surface area contributed by atoms with E-state index in [1.54, 1.807) is 14.7 Å². The quantitative estimate of drug-likeness (QED) is 0.211. The van der Waals surface area contributed by atoms with Gasteiger partial charge in [0, 0.05) is 70.5 Å². The molecule has 12 nitrogen and oxygen atoms in total. The van der Waals surface area contributed by atoms with E-state index in [1.807, 2.05) is 6.92 Å². The van der Waals surface area contributed by atoms with Gasteiger partial charge in [-0.15, -0.1) is 0 Å². The van der Waals surface area contributed by atoms with Crippen LogP contribution in [0.4, 0.5) is 5.69 Å². The second-order valence-corrected chi connectivity index (χ2v) is 8.50. The Balaban J connectivity index is 2.01. The van der Waals surface area contributed by atoms with Crippen LogP contribution in [0.5, 0.6) is 0 Å². The molecule has 1 unspecified atom stereocenters. The van der Waals surface area contributed by atoms with E-state index in [0.29, 0.717) is 30.6 Å². The Morgan fingerprint density at radius 3 is 1.88 bits per heavy atom. The summed E-state index contributed by atoms with van der Waals surface area (Å²) in [5.74, 6) is -3.85. The van der Waals surface area contributed by atoms with Gasteiger partial charge in [0.1, 0.15) is 0 Å². The van der Waals surface area contributed by atoms with Crippen molar-refractivity contribution in [3.05, 3.63) is 26.0 Å². The summed E-state index contributed by atoms with van der Waals surface area (Å²) >= 11 is 0. The summed E-state index contributed by atoms with van der Waals surface area (Å²) < 4.78 is 0. The minimum absolute atomic E-state index is 0.189. The topological polar surface area (TPSA) is 176 Å². The van der Waals surface area contributed by atoms with Crippen molar-refractivity contribution in [1.29, 1.82) is 0 Å². The first-order valence-electron chi connectivity index (χ1n) is 11.5. The first kappa shape index (κ1) is 27.4. The molecule has 0 amide bonds. The lowest BCUT2D eigenvalue weighted by Gasteiger charge is -2.34. The molecule has 1 aromatic carbocycles. The van der Waals surface area contributed by atoms with Crippen LogP contribution >= 0.6 is 0 Å². The van der Waals surface area contributed by atoms with Crippen molar-refractivity contribution in [2.45, 2.75) is 38.6 Å². The zero-order chi connectivity index (χ0) is 25.3. The van der Waals surface area contributed by atoms with Crippen LogP contribution in [0, 0.1) is 0 Å². The predicted octanol–water partition coefficient (Wildman–Crippen LogP) is -5.03. The number of hydrogen-bond donors (Lipinski definition) is 1. The van der Waals surface area contributed by atoms with Crippen LogP contribution in [-0.4, -0.2) is 97.6 Å². The third kappa shape index (κ3) is 7.89. The Labute approximate surface area is 197 Å². The smallest absolute Gasteiger partial charge is 0.249 e. The average Bonchev–Trinajstić information content (AvgIpc) is 2.85. The maximum Gasteiger partial charge on any atom is 0.249 e. The van der Waals surface area contributed by atoms with Crippen LogP contribution in [0.2, 0.25) is 0 Å². The van der Waals surface area contributed by atoms with E-state index >= 15 is 0 Å². The standard InChI is InChI=1S/C22H34N4O8/c1-2-4-15-19(21(32)20(15)31)23-6-3-5-16(22(33)34)26-11-9-24(13-17(27)28)7-8-25(10-12-26)14-18(29)30/h16,23H,2-14H2,1H3,(H,27,28)(H,29,30)(H,33,34)/p-3. The largest absolute Gasteiger partial charge is 0.549 e. The lowest BCUT2D eigenvalue weighted by molar-refractivity contribution is -0.313. The van der Waals surface area contributed by atoms with Crippen molar-refractivity contribution >= 4 is 23.6 Å². The fourth-order valence-corrected chi connectivity index (χ4v) is 4.22. The van der Waals surface area contributed by atoms with Crippen LogP contribution in [0.25, 0.3) is 0 Å². The molecule has 1 fully saturated rings. The summed E-state index contributed by atoms with van der Waals surface area (Å²) in [5, 5.41) is 37.0. The van der Waals surface area contributed by atoms with Crippen molar-refractivity contribution in [2.24, 2.45) is 0 Å². The van der Waals surface area contributed by atoms with Crippen molar-refractivity contribution in [3.8, 4) is 0 Å². The molecule has 0 aromatic heterocycles. The van der Waals surface area contributed by atoms with Crippen LogP contribution < -0.4 is 31.5 Å². The molecular weight excluding hydrogens is 448 g/mol.